The fourth-order valence-electron chi connectivity index (χ4n) is 1.70. The van der Waals surface area contributed by atoms with E-state index in [4.69, 9.17) is 16.9 Å². The lowest BCUT2D eigenvalue weighted by Gasteiger charge is -2.28. The molecule has 1 unspecified atom stereocenters. The Kier molecular flexibility index (Phi) is 4.13. The van der Waals surface area contributed by atoms with Crippen molar-refractivity contribution in [3.05, 3.63) is 0 Å². The fraction of sp³-hybridized carbons (Fsp3) is 0.727. The second-order valence-corrected chi connectivity index (χ2v) is 3.89. The summed E-state index contributed by atoms with van der Waals surface area (Å²) in [5, 5.41) is 0. The Labute approximate surface area is 90.8 Å². The van der Waals surface area contributed by atoms with Crippen LogP contribution in [0.25, 0.3) is 0 Å². The highest BCUT2D eigenvalue weighted by molar-refractivity contribution is 5.86. The number of nitrogens with zero attached hydrogens (tertiary/aromatic N) is 1. The first kappa shape index (κ1) is 12.0. The molecule has 0 aromatic rings. The zero-order chi connectivity index (χ0) is 11.3. The van der Waals surface area contributed by atoms with Crippen LogP contribution in [0.5, 0.6) is 0 Å². The number of carbonyl (C=O) groups is 1. The number of carbonyl (C=O) groups excluding carboxylic acids is 1. The molecule has 2 N–H and O–H groups in total. The van der Waals surface area contributed by atoms with Crippen LogP contribution >= 0.6 is 0 Å². The van der Waals surface area contributed by atoms with Gasteiger partial charge in [-0.25, -0.2) is 0 Å². The molecule has 1 amide bonds. The van der Waals surface area contributed by atoms with E-state index in [1.807, 2.05) is 6.92 Å². The predicted octanol–water partition coefficient (Wildman–Crippen LogP) is -0.0240. The minimum atomic E-state index is -0.855. The first-order chi connectivity index (χ1) is 7.14. The van der Waals surface area contributed by atoms with Crippen LogP contribution in [0.1, 0.15) is 19.8 Å². The number of terminal acetylenes is 1. The molecule has 1 fully saturated rings. The Balaban J connectivity index is 2.66. The molecule has 1 atom stereocenters. The molecule has 0 aromatic carbocycles. The summed E-state index contributed by atoms with van der Waals surface area (Å²) in [4.78, 5) is 13.7. The Morgan fingerprint density at radius 2 is 2.47 bits per heavy atom. The van der Waals surface area contributed by atoms with E-state index in [-0.39, 0.29) is 5.91 Å². The molecule has 0 aromatic heterocycles. The monoisotopic (exact) mass is 210 g/mol. The standard InChI is InChI=1S/C11H18N2O2/c1-3-6-13(7-4-2)10(14)11(12)5-8-15-9-11/h1H,4-9,12H2,2H3. The van der Waals surface area contributed by atoms with E-state index in [0.717, 1.165) is 6.42 Å². The Bertz CT molecular complexity index is 264. The summed E-state index contributed by atoms with van der Waals surface area (Å²) in [6.07, 6.45) is 6.68. The van der Waals surface area contributed by atoms with Crippen molar-refractivity contribution in [2.75, 3.05) is 26.3 Å². The van der Waals surface area contributed by atoms with Crippen LogP contribution in [0, 0.1) is 12.3 Å². The van der Waals surface area contributed by atoms with Gasteiger partial charge in [-0.3, -0.25) is 4.79 Å². The van der Waals surface area contributed by atoms with Crippen molar-refractivity contribution in [1.29, 1.82) is 0 Å². The molecule has 15 heavy (non-hydrogen) atoms. The molecule has 1 heterocycles. The molecule has 0 radical (unpaired) electrons. The molecule has 1 saturated heterocycles. The average Bonchev–Trinajstić information content (AvgIpc) is 2.65. The third-order valence-corrected chi connectivity index (χ3v) is 2.54. The highest BCUT2D eigenvalue weighted by atomic mass is 16.5. The molecule has 0 bridgehead atoms. The summed E-state index contributed by atoms with van der Waals surface area (Å²) in [6, 6.07) is 0. The van der Waals surface area contributed by atoms with E-state index >= 15 is 0 Å². The maximum atomic E-state index is 12.1. The summed E-state index contributed by atoms with van der Waals surface area (Å²) < 4.78 is 5.16. The van der Waals surface area contributed by atoms with Gasteiger partial charge in [0.05, 0.1) is 13.2 Å². The number of rotatable bonds is 4. The van der Waals surface area contributed by atoms with Gasteiger partial charge in [0.25, 0.3) is 0 Å². The minimum absolute atomic E-state index is 0.0835. The van der Waals surface area contributed by atoms with Crippen LogP contribution in [0.15, 0.2) is 0 Å². The van der Waals surface area contributed by atoms with Crippen molar-refractivity contribution in [3.8, 4) is 12.3 Å². The average molecular weight is 210 g/mol. The van der Waals surface area contributed by atoms with Crippen LogP contribution in [0.2, 0.25) is 0 Å². The van der Waals surface area contributed by atoms with E-state index in [9.17, 15) is 4.79 Å². The molecule has 4 nitrogen and oxygen atoms in total. The molecular formula is C11H18N2O2. The van der Waals surface area contributed by atoms with Gasteiger partial charge in [0.1, 0.15) is 5.54 Å². The van der Waals surface area contributed by atoms with Gasteiger partial charge in [0.2, 0.25) is 5.91 Å². The van der Waals surface area contributed by atoms with Crippen LogP contribution in [0.4, 0.5) is 0 Å². The van der Waals surface area contributed by atoms with Crippen molar-refractivity contribution < 1.29 is 9.53 Å². The first-order valence-electron chi connectivity index (χ1n) is 5.23. The van der Waals surface area contributed by atoms with E-state index < -0.39 is 5.54 Å². The number of ether oxygens (including phenoxy) is 1. The minimum Gasteiger partial charge on any atom is -0.379 e. The molecule has 4 heteroatoms. The second-order valence-electron chi connectivity index (χ2n) is 3.89. The van der Waals surface area contributed by atoms with E-state index in [0.29, 0.717) is 32.7 Å². The van der Waals surface area contributed by atoms with E-state index in [1.54, 1.807) is 4.90 Å². The smallest absolute Gasteiger partial charge is 0.245 e. The Hall–Kier alpha value is -1.05. The fourth-order valence-corrected chi connectivity index (χ4v) is 1.70. The number of nitrogens with two attached hydrogens (primary N) is 1. The summed E-state index contributed by atoms with van der Waals surface area (Å²) in [5.74, 6) is 2.40. The zero-order valence-electron chi connectivity index (χ0n) is 9.16. The molecular weight excluding hydrogens is 192 g/mol. The SMILES string of the molecule is C#CCN(CCC)C(=O)C1(N)CCOC1. The lowest BCUT2D eigenvalue weighted by molar-refractivity contribution is -0.136. The van der Waals surface area contributed by atoms with Crippen LogP contribution in [-0.4, -0.2) is 42.6 Å². The molecule has 0 aliphatic carbocycles. The van der Waals surface area contributed by atoms with Crippen molar-refractivity contribution >= 4 is 5.91 Å². The second kappa shape index (κ2) is 5.15. The van der Waals surface area contributed by atoms with Crippen LogP contribution in [-0.2, 0) is 9.53 Å². The summed E-state index contributed by atoms with van der Waals surface area (Å²) in [6.45, 7) is 3.84. The third-order valence-electron chi connectivity index (χ3n) is 2.54. The number of hydrogen-bond donors (Lipinski definition) is 1. The third kappa shape index (κ3) is 2.71. The number of amides is 1. The largest absolute Gasteiger partial charge is 0.379 e. The molecule has 1 aliphatic heterocycles. The number of hydrogen-bond acceptors (Lipinski definition) is 3. The lowest BCUT2D eigenvalue weighted by Crippen LogP contribution is -2.56. The van der Waals surface area contributed by atoms with Crippen LogP contribution in [0.3, 0.4) is 0 Å². The van der Waals surface area contributed by atoms with Gasteiger partial charge < -0.3 is 15.4 Å². The lowest BCUT2D eigenvalue weighted by atomic mass is 9.98. The van der Waals surface area contributed by atoms with E-state index in [1.165, 1.54) is 0 Å². The van der Waals surface area contributed by atoms with Gasteiger partial charge >= 0.3 is 0 Å². The normalized spacial score (nSPS) is 24.9. The van der Waals surface area contributed by atoms with Crippen molar-refractivity contribution in [3.63, 3.8) is 0 Å². The highest BCUT2D eigenvalue weighted by Gasteiger charge is 2.40. The highest BCUT2D eigenvalue weighted by Crippen LogP contribution is 2.18. The van der Waals surface area contributed by atoms with Gasteiger partial charge in [-0.15, -0.1) is 6.42 Å². The van der Waals surface area contributed by atoms with Gasteiger partial charge in [0.15, 0.2) is 0 Å². The van der Waals surface area contributed by atoms with Gasteiger partial charge in [-0.05, 0) is 12.8 Å². The molecule has 84 valence electrons. The Morgan fingerprint density at radius 3 is 2.93 bits per heavy atom. The van der Waals surface area contributed by atoms with Crippen molar-refractivity contribution in [1.82, 2.24) is 4.90 Å². The van der Waals surface area contributed by atoms with Crippen molar-refractivity contribution in [2.24, 2.45) is 5.73 Å². The summed E-state index contributed by atoms with van der Waals surface area (Å²) in [7, 11) is 0. The molecule has 1 aliphatic rings. The maximum Gasteiger partial charge on any atom is 0.245 e. The predicted molar refractivity (Wildman–Crippen MR) is 58.1 cm³/mol. The summed E-state index contributed by atoms with van der Waals surface area (Å²) >= 11 is 0. The maximum absolute atomic E-state index is 12.1. The molecule has 1 rings (SSSR count). The quantitative estimate of drug-likeness (QED) is 0.663. The van der Waals surface area contributed by atoms with E-state index in [2.05, 4.69) is 5.92 Å². The van der Waals surface area contributed by atoms with Gasteiger partial charge in [-0.1, -0.05) is 12.8 Å². The molecule has 0 saturated carbocycles. The van der Waals surface area contributed by atoms with Crippen molar-refractivity contribution in [2.45, 2.75) is 25.3 Å². The molecule has 0 spiro atoms. The van der Waals surface area contributed by atoms with Gasteiger partial charge in [0, 0.05) is 13.2 Å². The Morgan fingerprint density at radius 1 is 1.73 bits per heavy atom. The topological polar surface area (TPSA) is 55.6 Å². The van der Waals surface area contributed by atoms with Gasteiger partial charge in [-0.2, -0.15) is 0 Å². The first-order valence-corrected chi connectivity index (χ1v) is 5.23. The summed E-state index contributed by atoms with van der Waals surface area (Å²) in [5.41, 5.74) is 5.12. The zero-order valence-corrected chi connectivity index (χ0v) is 9.16. The van der Waals surface area contributed by atoms with Crippen LogP contribution < -0.4 is 5.73 Å².